The predicted octanol–water partition coefficient (Wildman–Crippen LogP) is 3.60. The third-order valence-corrected chi connectivity index (χ3v) is 5.32. The molecule has 0 bridgehead atoms. The highest BCUT2D eigenvalue weighted by atomic mass is 127. The Hall–Kier alpha value is -1.64. The molecule has 1 aliphatic rings. The highest BCUT2D eigenvalue weighted by Gasteiger charge is 2.19. The molecule has 0 saturated heterocycles. The highest BCUT2D eigenvalue weighted by Crippen LogP contribution is 2.20. The topological polar surface area (TPSA) is 67.1 Å². The molecule has 2 N–H and O–H groups in total. The van der Waals surface area contributed by atoms with E-state index in [1.165, 1.54) is 11.1 Å². The standard InChI is InChI=1S/C22H34N6.HI/c1-4-21-27-25-16-28(21)14-13-24-22(23-12-11-17(2)3)26-20-10-9-18-7-5-6-8-19(18)15-20;/h5-8,16-17,20H,4,9-15H2,1-3H3,(H2,23,24,26);1H. The molecule has 3 rings (SSSR count). The maximum atomic E-state index is 4.83. The van der Waals surface area contributed by atoms with Gasteiger partial charge >= 0.3 is 0 Å². The van der Waals surface area contributed by atoms with Gasteiger partial charge in [0, 0.05) is 32.1 Å². The number of aliphatic imine (C=N–C) groups is 1. The van der Waals surface area contributed by atoms with Gasteiger partial charge in [0.25, 0.3) is 0 Å². The van der Waals surface area contributed by atoms with Crippen LogP contribution in [0.3, 0.4) is 0 Å². The molecule has 1 aromatic carbocycles. The second-order valence-electron chi connectivity index (χ2n) is 7.99. The predicted molar refractivity (Wildman–Crippen MR) is 130 cm³/mol. The maximum Gasteiger partial charge on any atom is 0.191 e. The molecule has 160 valence electrons. The molecular weight excluding hydrogens is 475 g/mol. The summed E-state index contributed by atoms with van der Waals surface area (Å²) in [6, 6.07) is 9.22. The van der Waals surface area contributed by atoms with Gasteiger partial charge in [0.05, 0.1) is 0 Å². The van der Waals surface area contributed by atoms with E-state index in [0.717, 1.165) is 63.5 Å². The van der Waals surface area contributed by atoms with Crippen LogP contribution >= 0.6 is 24.0 Å². The largest absolute Gasteiger partial charge is 0.355 e. The van der Waals surface area contributed by atoms with Crippen LogP contribution < -0.4 is 10.6 Å². The number of nitrogens with one attached hydrogen (secondary N) is 2. The molecule has 2 aromatic rings. The molecular formula is C22H35IN6. The van der Waals surface area contributed by atoms with Crippen molar-refractivity contribution in [2.24, 2.45) is 10.9 Å². The van der Waals surface area contributed by atoms with Crippen molar-refractivity contribution in [3.63, 3.8) is 0 Å². The number of hydrogen-bond acceptors (Lipinski definition) is 3. The van der Waals surface area contributed by atoms with Crippen molar-refractivity contribution in [3.8, 4) is 0 Å². The number of hydrogen-bond donors (Lipinski definition) is 2. The first-order valence-electron chi connectivity index (χ1n) is 10.6. The molecule has 6 nitrogen and oxygen atoms in total. The maximum absolute atomic E-state index is 4.83. The SMILES string of the molecule is CCc1nncn1CCNC(=NCCC(C)C)NC1CCc2ccccc2C1.I. The lowest BCUT2D eigenvalue weighted by molar-refractivity contribution is 0.515. The van der Waals surface area contributed by atoms with Crippen LogP contribution in [0.1, 0.15) is 50.6 Å². The van der Waals surface area contributed by atoms with E-state index in [0.29, 0.717) is 12.0 Å². The summed E-state index contributed by atoms with van der Waals surface area (Å²) in [6.45, 7) is 9.09. The van der Waals surface area contributed by atoms with Crippen LogP contribution in [-0.4, -0.2) is 39.9 Å². The van der Waals surface area contributed by atoms with E-state index in [-0.39, 0.29) is 24.0 Å². The van der Waals surface area contributed by atoms with Gasteiger partial charge in [-0.25, -0.2) is 0 Å². The summed E-state index contributed by atoms with van der Waals surface area (Å²) in [5.41, 5.74) is 2.95. The Morgan fingerprint density at radius 3 is 2.83 bits per heavy atom. The lowest BCUT2D eigenvalue weighted by Gasteiger charge is -2.27. The number of nitrogens with zero attached hydrogens (tertiary/aromatic N) is 4. The van der Waals surface area contributed by atoms with Crippen LogP contribution in [0.5, 0.6) is 0 Å². The fraction of sp³-hybridized carbons (Fsp3) is 0.591. The van der Waals surface area contributed by atoms with Crippen molar-refractivity contribution < 1.29 is 0 Å². The quantitative estimate of drug-likeness (QED) is 0.324. The average molecular weight is 510 g/mol. The number of rotatable bonds is 8. The Morgan fingerprint density at radius 1 is 1.28 bits per heavy atom. The van der Waals surface area contributed by atoms with E-state index in [1.54, 1.807) is 0 Å². The zero-order valence-corrected chi connectivity index (χ0v) is 20.2. The van der Waals surface area contributed by atoms with E-state index in [4.69, 9.17) is 4.99 Å². The summed E-state index contributed by atoms with van der Waals surface area (Å²) in [5, 5.41) is 15.4. The molecule has 0 amide bonds. The fourth-order valence-corrected chi connectivity index (χ4v) is 3.64. The zero-order chi connectivity index (χ0) is 19.8. The van der Waals surface area contributed by atoms with Gasteiger partial charge in [-0.05, 0) is 42.7 Å². The van der Waals surface area contributed by atoms with Crippen LogP contribution in [0.25, 0.3) is 0 Å². The van der Waals surface area contributed by atoms with Crippen LogP contribution in [0.15, 0.2) is 35.6 Å². The van der Waals surface area contributed by atoms with E-state index >= 15 is 0 Å². The summed E-state index contributed by atoms with van der Waals surface area (Å²) >= 11 is 0. The van der Waals surface area contributed by atoms with Crippen molar-refractivity contribution in [1.29, 1.82) is 0 Å². The van der Waals surface area contributed by atoms with Gasteiger partial charge in [-0.3, -0.25) is 4.99 Å². The lowest BCUT2D eigenvalue weighted by atomic mass is 9.88. The van der Waals surface area contributed by atoms with Crippen molar-refractivity contribution in [3.05, 3.63) is 47.5 Å². The molecule has 1 unspecified atom stereocenters. The van der Waals surface area contributed by atoms with Crippen LogP contribution in [0.4, 0.5) is 0 Å². The number of aromatic nitrogens is 3. The van der Waals surface area contributed by atoms with Gasteiger partial charge in [-0.15, -0.1) is 34.2 Å². The minimum atomic E-state index is 0. The summed E-state index contributed by atoms with van der Waals surface area (Å²) < 4.78 is 2.11. The van der Waals surface area contributed by atoms with E-state index in [1.807, 2.05) is 6.33 Å². The first-order chi connectivity index (χ1) is 13.7. The summed E-state index contributed by atoms with van der Waals surface area (Å²) in [4.78, 5) is 4.83. The highest BCUT2D eigenvalue weighted by molar-refractivity contribution is 14.0. The Bertz CT molecular complexity index is 770. The van der Waals surface area contributed by atoms with Gasteiger partial charge < -0.3 is 15.2 Å². The van der Waals surface area contributed by atoms with Gasteiger partial charge in [-0.2, -0.15) is 0 Å². The van der Waals surface area contributed by atoms with Gasteiger partial charge in [0.15, 0.2) is 5.96 Å². The molecule has 29 heavy (non-hydrogen) atoms. The molecule has 0 fully saturated rings. The van der Waals surface area contributed by atoms with Crippen molar-refractivity contribution in [2.75, 3.05) is 13.1 Å². The Kier molecular flexibility index (Phi) is 9.90. The van der Waals surface area contributed by atoms with Gasteiger partial charge in [0.1, 0.15) is 12.2 Å². The number of fused-ring (bicyclic) bond motifs is 1. The number of aryl methyl sites for hydroxylation is 2. The third kappa shape index (κ3) is 7.28. The number of benzene rings is 1. The molecule has 7 heteroatoms. The monoisotopic (exact) mass is 510 g/mol. The molecule has 0 radical (unpaired) electrons. The van der Waals surface area contributed by atoms with Crippen molar-refractivity contribution in [1.82, 2.24) is 25.4 Å². The Labute approximate surface area is 192 Å². The normalized spacial score (nSPS) is 16.3. The van der Waals surface area contributed by atoms with Gasteiger partial charge in [-0.1, -0.05) is 45.0 Å². The minimum Gasteiger partial charge on any atom is -0.355 e. The lowest BCUT2D eigenvalue weighted by Crippen LogP contribution is -2.46. The molecule has 1 heterocycles. The van der Waals surface area contributed by atoms with E-state index in [2.05, 4.69) is 70.4 Å². The molecule has 1 aromatic heterocycles. The second kappa shape index (κ2) is 12.1. The van der Waals surface area contributed by atoms with Crippen LogP contribution in [0.2, 0.25) is 0 Å². The van der Waals surface area contributed by atoms with Crippen molar-refractivity contribution >= 4 is 29.9 Å². The average Bonchev–Trinajstić information content (AvgIpc) is 3.15. The summed E-state index contributed by atoms with van der Waals surface area (Å²) in [6.07, 6.45) is 7.15. The minimum absolute atomic E-state index is 0. The summed E-state index contributed by atoms with van der Waals surface area (Å²) in [7, 11) is 0. The zero-order valence-electron chi connectivity index (χ0n) is 17.9. The fourth-order valence-electron chi connectivity index (χ4n) is 3.64. The third-order valence-electron chi connectivity index (χ3n) is 5.32. The molecule has 0 aliphatic heterocycles. The van der Waals surface area contributed by atoms with E-state index in [9.17, 15) is 0 Å². The first kappa shape index (κ1) is 23.6. The second-order valence-corrected chi connectivity index (χ2v) is 7.99. The smallest absolute Gasteiger partial charge is 0.191 e. The summed E-state index contributed by atoms with van der Waals surface area (Å²) in [5.74, 6) is 2.61. The first-order valence-corrected chi connectivity index (χ1v) is 10.6. The van der Waals surface area contributed by atoms with Crippen LogP contribution in [-0.2, 0) is 25.8 Å². The number of guanidine groups is 1. The van der Waals surface area contributed by atoms with Gasteiger partial charge in [0.2, 0.25) is 0 Å². The molecule has 1 atom stereocenters. The molecule has 0 spiro atoms. The van der Waals surface area contributed by atoms with E-state index < -0.39 is 0 Å². The number of halogens is 1. The molecule has 0 saturated carbocycles. The molecule has 1 aliphatic carbocycles. The van der Waals surface area contributed by atoms with Crippen molar-refractivity contribution in [2.45, 2.75) is 65.5 Å². The Balaban J connectivity index is 0.00000300. The Morgan fingerprint density at radius 2 is 2.07 bits per heavy atom. The van der Waals surface area contributed by atoms with Crippen LogP contribution in [0, 0.1) is 5.92 Å².